The van der Waals surface area contributed by atoms with E-state index < -0.39 is 0 Å². The van der Waals surface area contributed by atoms with Crippen LogP contribution in [0.25, 0.3) is 11.1 Å². The fourth-order valence-corrected chi connectivity index (χ4v) is 2.44. The van der Waals surface area contributed by atoms with Gasteiger partial charge in [-0.2, -0.15) is 0 Å². The largest absolute Gasteiger partial charge is 0.399 e. The minimum atomic E-state index is 0.286. The maximum absolute atomic E-state index is 5.84. The van der Waals surface area contributed by atoms with Gasteiger partial charge < -0.3 is 5.73 Å². The summed E-state index contributed by atoms with van der Waals surface area (Å²) in [7, 11) is 0. The number of benzene rings is 2. The van der Waals surface area contributed by atoms with Gasteiger partial charge in [0.2, 0.25) is 0 Å². The first-order valence-electron chi connectivity index (χ1n) is 7.05. The van der Waals surface area contributed by atoms with E-state index in [-0.39, 0.29) is 5.41 Å². The van der Waals surface area contributed by atoms with E-state index >= 15 is 0 Å². The molecule has 2 rings (SSSR count). The van der Waals surface area contributed by atoms with E-state index in [0.717, 1.165) is 5.69 Å². The molecule has 0 unspecified atom stereocenters. The molecule has 0 saturated heterocycles. The number of anilines is 1. The van der Waals surface area contributed by atoms with Crippen LogP contribution in [0.1, 0.15) is 39.2 Å². The van der Waals surface area contributed by atoms with Crippen molar-refractivity contribution in [1.82, 2.24) is 0 Å². The highest BCUT2D eigenvalue weighted by Gasteiger charge is 2.21. The fourth-order valence-electron chi connectivity index (χ4n) is 2.44. The van der Waals surface area contributed by atoms with Crippen molar-refractivity contribution in [3.63, 3.8) is 0 Å². The van der Waals surface area contributed by atoms with E-state index in [1.54, 1.807) is 0 Å². The van der Waals surface area contributed by atoms with Gasteiger partial charge in [0.25, 0.3) is 0 Å². The van der Waals surface area contributed by atoms with Crippen LogP contribution in [0.15, 0.2) is 48.5 Å². The lowest BCUT2D eigenvalue weighted by Gasteiger charge is -2.27. The van der Waals surface area contributed by atoms with Crippen LogP contribution in [0.3, 0.4) is 0 Å². The fraction of sp³-hybridized carbons (Fsp3) is 0.333. The van der Waals surface area contributed by atoms with Crippen LogP contribution in [-0.2, 0) is 5.41 Å². The van der Waals surface area contributed by atoms with Crippen LogP contribution >= 0.6 is 0 Å². The normalized spacial score (nSPS) is 11.5. The lowest BCUT2D eigenvalue weighted by molar-refractivity contribution is 0.439. The molecule has 2 aromatic rings. The smallest absolute Gasteiger partial charge is 0.0320 e. The molecule has 100 valence electrons. The van der Waals surface area contributed by atoms with Gasteiger partial charge in [-0.3, -0.25) is 0 Å². The van der Waals surface area contributed by atoms with Gasteiger partial charge in [-0.25, -0.2) is 0 Å². The van der Waals surface area contributed by atoms with Crippen LogP contribution in [0.2, 0.25) is 0 Å². The van der Waals surface area contributed by atoms with Crippen LogP contribution < -0.4 is 5.73 Å². The Morgan fingerprint density at radius 1 is 0.895 bits per heavy atom. The quantitative estimate of drug-likeness (QED) is 0.761. The molecule has 2 N–H and O–H groups in total. The first-order valence-corrected chi connectivity index (χ1v) is 7.05. The van der Waals surface area contributed by atoms with E-state index in [2.05, 4.69) is 51.1 Å². The molecule has 0 atom stereocenters. The highest BCUT2D eigenvalue weighted by Crippen LogP contribution is 2.32. The standard InChI is InChI=1S/C18H23N/c1-4-18(3,5-2)16-11-9-14(10-12-16)15-7-6-8-17(19)13-15/h6-13H,4-5,19H2,1-3H3. The molecule has 0 aliphatic carbocycles. The maximum atomic E-state index is 5.84. The minimum absolute atomic E-state index is 0.286. The van der Waals surface area contributed by atoms with Crippen molar-refractivity contribution < 1.29 is 0 Å². The van der Waals surface area contributed by atoms with Gasteiger partial charge in [-0.1, -0.05) is 57.2 Å². The summed E-state index contributed by atoms with van der Waals surface area (Å²) < 4.78 is 0. The average molecular weight is 253 g/mol. The summed E-state index contributed by atoms with van der Waals surface area (Å²) in [5, 5.41) is 0. The maximum Gasteiger partial charge on any atom is 0.0320 e. The van der Waals surface area contributed by atoms with Crippen molar-refractivity contribution >= 4 is 5.69 Å². The molecule has 0 heterocycles. The van der Waals surface area contributed by atoms with Crippen LogP contribution in [-0.4, -0.2) is 0 Å². The molecule has 0 aromatic heterocycles. The van der Waals surface area contributed by atoms with Crippen LogP contribution in [0.4, 0.5) is 5.69 Å². The van der Waals surface area contributed by atoms with Crippen molar-refractivity contribution in [2.24, 2.45) is 0 Å². The second-order valence-electron chi connectivity index (χ2n) is 5.47. The third kappa shape index (κ3) is 2.81. The predicted molar refractivity (Wildman–Crippen MR) is 84.2 cm³/mol. The van der Waals surface area contributed by atoms with Crippen molar-refractivity contribution in [3.8, 4) is 11.1 Å². The summed E-state index contributed by atoms with van der Waals surface area (Å²) in [6.07, 6.45) is 2.34. The van der Waals surface area contributed by atoms with E-state index in [1.165, 1.54) is 29.5 Å². The van der Waals surface area contributed by atoms with Gasteiger partial charge in [0.05, 0.1) is 0 Å². The molecule has 0 amide bonds. The summed E-state index contributed by atoms with van der Waals surface area (Å²) >= 11 is 0. The summed E-state index contributed by atoms with van der Waals surface area (Å²) in [4.78, 5) is 0. The summed E-state index contributed by atoms with van der Waals surface area (Å²) in [5.41, 5.74) is 10.8. The van der Waals surface area contributed by atoms with E-state index in [0.29, 0.717) is 0 Å². The second kappa shape index (κ2) is 5.48. The Morgan fingerprint density at radius 2 is 1.53 bits per heavy atom. The molecule has 0 saturated carbocycles. The zero-order valence-electron chi connectivity index (χ0n) is 12.1. The average Bonchev–Trinajstić information content (AvgIpc) is 2.46. The third-order valence-electron chi connectivity index (χ3n) is 4.36. The zero-order valence-corrected chi connectivity index (χ0v) is 12.1. The Labute approximate surface area is 116 Å². The molecule has 0 aliphatic heterocycles. The minimum Gasteiger partial charge on any atom is -0.399 e. The molecule has 0 spiro atoms. The molecule has 2 aromatic carbocycles. The highest BCUT2D eigenvalue weighted by atomic mass is 14.5. The summed E-state index contributed by atoms with van der Waals surface area (Å²) in [6, 6.07) is 17.0. The van der Waals surface area contributed by atoms with Crippen LogP contribution in [0.5, 0.6) is 0 Å². The van der Waals surface area contributed by atoms with Gasteiger partial charge in [0, 0.05) is 5.69 Å². The van der Waals surface area contributed by atoms with Crippen molar-refractivity contribution in [2.75, 3.05) is 5.73 Å². The Bertz CT molecular complexity index is 536. The molecule has 19 heavy (non-hydrogen) atoms. The molecule has 1 heteroatoms. The van der Waals surface area contributed by atoms with E-state index in [4.69, 9.17) is 5.73 Å². The van der Waals surface area contributed by atoms with E-state index in [9.17, 15) is 0 Å². The Kier molecular flexibility index (Phi) is 3.94. The first kappa shape index (κ1) is 13.7. The Balaban J connectivity index is 2.33. The Hall–Kier alpha value is -1.76. The summed E-state index contributed by atoms with van der Waals surface area (Å²) in [6.45, 7) is 6.85. The van der Waals surface area contributed by atoms with Crippen molar-refractivity contribution in [3.05, 3.63) is 54.1 Å². The van der Waals surface area contributed by atoms with Crippen molar-refractivity contribution in [2.45, 2.75) is 39.0 Å². The molecule has 0 aliphatic rings. The molecule has 1 nitrogen and oxygen atoms in total. The number of rotatable bonds is 4. The predicted octanol–water partition coefficient (Wildman–Crippen LogP) is 5.01. The van der Waals surface area contributed by atoms with E-state index in [1.807, 2.05) is 18.2 Å². The molecule has 0 fully saturated rings. The lowest BCUT2D eigenvalue weighted by atomic mass is 9.77. The first-order chi connectivity index (χ1) is 9.09. The van der Waals surface area contributed by atoms with Gasteiger partial charge in [0.1, 0.15) is 0 Å². The second-order valence-corrected chi connectivity index (χ2v) is 5.47. The van der Waals surface area contributed by atoms with Gasteiger partial charge >= 0.3 is 0 Å². The Morgan fingerprint density at radius 3 is 2.05 bits per heavy atom. The number of hydrogen-bond donors (Lipinski definition) is 1. The third-order valence-corrected chi connectivity index (χ3v) is 4.36. The monoisotopic (exact) mass is 253 g/mol. The van der Waals surface area contributed by atoms with Crippen LogP contribution in [0, 0.1) is 0 Å². The molecular formula is C18H23N. The number of hydrogen-bond acceptors (Lipinski definition) is 1. The molecular weight excluding hydrogens is 230 g/mol. The van der Waals surface area contributed by atoms with Crippen molar-refractivity contribution in [1.29, 1.82) is 0 Å². The SMILES string of the molecule is CCC(C)(CC)c1ccc(-c2cccc(N)c2)cc1. The summed E-state index contributed by atoms with van der Waals surface area (Å²) in [5.74, 6) is 0. The molecule has 0 bridgehead atoms. The lowest BCUT2D eigenvalue weighted by Crippen LogP contribution is -2.19. The number of nitrogens with two attached hydrogens (primary N) is 1. The zero-order chi connectivity index (χ0) is 13.9. The highest BCUT2D eigenvalue weighted by molar-refractivity contribution is 5.67. The molecule has 0 radical (unpaired) electrons. The van der Waals surface area contributed by atoms with Gasteiger partial charge in [-0.05, 0) is 47.1 Å². The van der Waals surface area contributed by atoms with Gasteiger partial charge in [0.15, 0.2) is 0 Å². The topological polar surface area (TPSA) is 26.0 Å². The number of nitrogen functional groups attached to an aromatic ring is 1. The van der Waals surface area contributed by atoms with Gasteiger partial charge in [-0.15, -0.1) is 0 Å².